The van der Waals surface area contributed by atoms with Gasteiger partial charge in [0.25, 0.3) is 5.91 Å². The van der Waals surface area contributed by atoms with Crippen molar-refractivity contribution in [1.29, 1.82) is 0 Å². The van der Waals surface area contributed by atoms with Crippen molar-refractivity contribution in [2.24, 2.45) is 0 Å². The second kappa shape index (κ2) is 5.67. The highest BCUT2D eigenvalue weighted by Crippen LogP contribution is 2.29. The topological polar surface area (TPSA) is 84.7 Å². The first-order valence-corrected chi connectivity index (χ1v) is 7.94. The predicted octanol–water partition coefficient (Wildman–Crippen LogP) is 2.06. The molecule has 7 heteroatoms. The zero-order chi connectivity index (χ0) is 16.6. The SMILES string of the molecule is O=C1NCC2(CCCN(C(=O)c3cc(-c4ccccc4)on3)C2)O1. The first kappa shape index (κ1) is 14.7. The molecule has 2 aliphatic rings. The third-order valence-electron chi connectivity index (χ3n) is 4.48. The summed E-state index contributed by atoms with van der Waals surface area (Å²) in [4.78, 5) is 25.7. The molecule has 1 atom stereocenters. The van der Waals surface area contributed by atoms with Crippen LogP contribution in [0.15, 0.2) is 40.9 Å². The van der Waals surface area contributed by atoms with E-state index in [4.69, 9.17) is 9.26 Å². The summed E-state index contributed by atoms with van der Waals surface area (Å²) in [6.45, 7) is 1.42. The van der Waals surface area contributed by atoms with Crippen LogP contribution in [0.3, 0.4) is 0 Å². The van der Waals surface area contributed by atoms with Crippen molar-refractivity contribution in [3.8, 4) is 11.3 Å². The Bertz CT molecular complexity index is 773. The van der Waals surface area contributed by atoms with Crippen molar-refractivity contribution in [2.75, 3.05) is 19.6 Å². The summed E-state index contributed by atoms with van der Waals surface area (Å²) in [5.41, 5.74) is 0.521. The number of likely N-dealkylation sites (tertiary alicyclic amines) is 1. The molecule has 1 unspecified atom stereocenters. The lowest BCUT2D eigenvalue weighted by Gasteiger charge is -2.37. The number of amides is 2. The van der Waals surface area contributed by atoms with Crippen molar-refractivity contribution in [1.82, 2.24) is 15.4 Å². The van der Waals surface area contributed by atoms with Crippen molar-refractivity contribution < 1.29 is 18.8 Å². The molecule has 0 radical (unpaired) electrons. The Hall–Kier alpha value is -2.83. The quantitative estimate of drug-likeness (QED) is 0.912. The molecule has 1 aromatic carbocycles. The van der Waals surface area contributed by atoms with Gasteiger partial charge in [-0.2, -0.15) is 0 Å². The highest BCUT2D eigenvalue weighted by atomic mass is 16.6. The van der Waals surface area contributed by atoms with Crippen LogP contribution >= 0.6 is 0 Å². The number of hydrogen-bond donors (Lipinski definition) is 1. The normalized spacial score (nSPS) is 23.2. The lowest BCUT2D eigenvalue weighted by molar-refractivity contribution is -0.00536. The third-order valence-corrected chi connectivity index (χ3v) is 4.48. The molecule has 1 N–H and O–H groups in total. The minimum absolute atomic E-state index is 0.206. The number of aromatic nitrogens is 1. The van der Waals surface area contributed by atoms with Crippen LogP contribution in [0.5, 0.6) is 0 Å². The monoisotopic (exact) mass is 327 g/mol. The number of ether oxygens (including phenoxy) is 1. The molecule has 2 saturated heterocycles. The number of nitrogens with zero attached hydrogens (tertiary/aromatic N) is 2. The Morgan fingerprint density at radius 3 is 2.88 bits per heavy atom. The van der Waals surface area contributed by atoms with Crippen LogP contribution in [0, 0.1) is 0 Å². The zero-order valence-corrected chi connectivity index (χ0v) is 13.0. The van der Waals surface area contributed by atoms with Gasteiger partial charge in [0.1, 0.15) is 5.60 Å². The molecule has 3 heterocycles. The highest BCUT2D eigenvalue weighted by molar-refractivity contribution is 5.93. The Morgan fingerprint density at radius 1 is 1.29 bits per heavy atom. The smallest absolute Gasteiger partial charge is 0.407 e. The lowest BCUT2D eigenvalue weighted by Crippen LogP contribution is -2.52. The second-order valence-corrected chi connectivity index (χ2v) is 6.20. The second-order valence-electron chi connectivity index (χ2n) is 6.20. The van der Waals surface area contributed by atoms with Crippen LogP contribution in [-0.4, -0.2) is 47.3 Å². The molecule has 2 fully saturated rings. The van der Waals surface area contributed by atoms with Crippen LogP contribution < -0.4 is 5.32 Å². The number of alkyl carbamates (subject to hydrolysis) is 1. The number of carbonyl (C=O) groups is 2. The zero-order valence-electron chi connectivity index (χ0n) is 13.0. The molecule has 2 amide bonds. The van der Waals surface area contributed by atoms with Crippen LogP contribution in [0.25, 0.3) is 11.3 Å². The summed E-state index contributed by atoms with van der Waals surface area (Å²) in [5, 5.41) is 6.58. The van der Waals surface area contributed by atoms with Gasteiger partial charge in [-0.1, -0.05) is 35.5 Å². The van der Waals surface area contributed by atoms with E-state index in [1.54, 1.807) is 11.0 Å². The number of carbonyl (C=O) groups excluding carboxylic acids is 2. The number of hydrogen-bond acceptors (Lipinski definition) is 5. The van der Waals surface area contributed by atoms with Crippen LogP contribution in [-0.2, 0) is 4.74 Å². The summed E-state index contributed by atoms with van der Waals surface area (Å²) in [7, 11) is 0. The largest absolute Gasteiger partial charge is 0.439 e. The van der Waals surface area contributed by atoms with E-state index in [-0.39, 0.29) is 11.6 Å². The van der Waals surface area contributed by atoms with Gasteiger partial charge in [-0.25, -0.2) is 4.79 Å². The molecule has 7 nitrogen and oxygen atoms in total. The fourth-order valence-corrected chi connectivity index (χ4v) is 3.28. The molecule has 1 aromatic heterocycles. The van der Waals surface area contributed by atoms with Gasteiger partial charge in [0, 0.05) is 18.2 Å². The molecule has 0 saturated carbocycles. The van der Waals surface area contributed by atoms with Gasteiger partial charge in [-0.3, -0.25) is 4.79 Å². The van der Waals surface area contributed by atoms with Gasteiger partial charge in [0.05, 0.1) is 13.1 Å². The van der Waals surface area contributed by atoms with Crippen LogP contribution in [0.1, 0.15) is 23.3 Å². The van der Waals surface area contributed by atoms with E-state index in [0.717, 1.165) is 18.4 Å². The Balaban J connectivity index is 1.52. The van der Waals surface area contributed by atoms with E-state index >= 15 is 0 Å². The third kappa shape index (κ3) is 2.62. The molecule has 4 rings (SSSR count). The van der Waals surface area contributed by atoms with Crippen LogP contribution in [0.2, 0.25) is 0 Å². The predicted molar refractivity (Wildman–Crippen MR) is 84.3 cm³/mol. The molecule has 24 heavy (non-hydrogen) atoms. The summed E-state index contributed by atoms with van der Waals surface area (Å²) in [5.74, 6) is 0.350. The van der Waals surface area contributed by atoms with E-state index in [2.05, 4.69) is 10.5 Å². The average molecular weight is 327 g/mol. The Kier molecular flexibility index (Phi) is 3.48. The fraction of sp³-hybridized carbons (Fsp3) is 0.353. The Labute approximate surface area is 138 Å². The van der Waals surface area contributed by atoms with Gasteiger partial charge in [-0.05, 0) is 12.8 Å². The van der Waals surface area contributed by atoms with E-state index in [9.17, 15) is 9.59 Å². The van der Waals surface area contributed by atoms with Crippen LogP contribution in [0.4, 0.5) is 4.79 Å². The minimum atomic E-state index is -0.614. The number of nitrogens with one attached hydrogen (secondary N) is 1. The van der Waals surface area contributed by atoms with Gasteiger partial charge in [0.15, 0.2) is 11.5 Å². The lowest BCUT2D eigenvalue weighted by atomic mass is 9.93. The van der Waals surface area contributed by atoms with Gasteiger partial charge >= 0.3 is 6.09 Å². The van der Waals surface area contributed by atoms with Gasteiger partial charge < -0.3 is 19.5 Å². The van der Waals surface area contributed by atoms with Crippen molar-refractivity contribution in [3.63, 3.8) is 0 Å². The van der Waals surface area contributed by atoms with Crippen molar-refractivity contribution in [3.05, 3.63) is 42.1 Å². The average Bonchev–Trinajstić information content (AvgIpc) is 3.23. The van der Waals surface area contributed by atoms with Gasteiger partial charge in [-0.15, -0.1) is 0 Å². The fourth-order valence-electron chi connectivity index (χ4n) is 3.28. The highest BCUT2D eigenvalue weighted by Gasteiger charge is 2.45. The molecule has 2 aliphatic heterocycles. The molecule has 0 bridgehead atoms. The Morgan fingerprint density at radius 2 is 2.12 bits per heavy atom. The molecule has 124 valence electrons. The summed E-state index contributed by atoms with van der Waals surface area (Å²) < 4.78 is 10.7. The van der Waals surface area contributed by atoms with Crippen molar-refractivity contribution in [2.45, 2.75) is 18.4 Å². The summed E-state index contributed by atoms with van der Waals surface area (Å²) in [6.07, 6.45) is 1.12. The molecule has 1 spiro atoms. The van der Waals surface area contributed by atoms with Crippen molar-refractivity contribution >= 4 is 12.0 Å². The number of rotatable bonds is 2. The van der Waals surface area contributed by atoms with Gasteiger partial charge in [0.2, 0.25) is 0 Å². The minimum Gasteiger partial charge on any atom is -0.439 e. The van der Waals surface area contributed by atoms with E-state index in [1.165, 1.54) is 0 Å². The first-order valence-electron chi connectivity index (χ1n) is 7.94. The first-order chi connectivity index (χ1) is 11.7. The number of piperidine rings is 1. The standard InChI is InChI=1S/C17H17N3O4/c21-15(13-9-14(24-19-13)12-5-2-1-3-6-12)20-8-4-7-17(11-20)10-18-16(22)23-17/h1-3,5-6,9H,4,7-8,10-11H2,(H,18,22). The number of benzene rings is 1. The van der Waals surface area contributed by atoms with E-state index < -0.39 is 11.7 Å². The summed E-state index contributed by atoms with van der Waals surface area (Å²) >= 11 is 0. The molecule has 0 aliphatic carbocycles. The van der Waals surface area contributed by atoms with E-state index in [0.29, 0.717) is 25.4 Å². The maximum absolute atomic E-state index is 12.7. The van der Waals surface area contributed by atoms with E-state index in [1.807, 2.05) is 30.3 Å². The molecule has 2 aromatic rings. The maximum atomic E-state index is 12.7. The maximum Gasteiger partial charge on any atom is 0.407 e. The molecular weight excluding hydrogens is 310 g/mol. The summed E-state index contributed by atoms with van der Waals surface area (Å²) in [6, 6.07) is 11.2. The molecular formula is C17H17N3O4.